The van der Waals surface area contributed by atoms with Crippen LogP contribution in [-0.4, -0.2) is 0 Å². The van der Waals surface area contributed by atoms with Gasteiger partial charge in [-0.15, -0.1) is 0 Å². The van der Waals surface area contributed by atoms with Crippen LogP contribution in [0.2, 0.25) is 0 Å². The molecule has 2 aliphatic carbocycles. The average Bonchev–Trinajstić information content (AvgIpc) is 2.15. The molecule has 1 unspecified atom stereocenters. The third kappa shape index (κ3) is 3.64. The number of hydrogen-bond donors (Lipinski definition) is 0. The smallest absolute Gasteiger partial charge is 0.0231 e. The summed E-state index contributed by atoms with van der Waals surface area (Å²) in [5, 5.41) is 0. The van der Waals surface area contributed by atoms with Gasteiger partial charge in [-0.05, 0) is 43.9 Å². The summed E-state index contributed by atoms with van der Waals surface area (Å²) in [6, 6.07) is 0. The number of hydrogen-bond acceptors (Lipinski definition) is 0. The van der Waals surface area contributed by atoms with Crippen molar-refractivity contribution in [3.8, 4) is 0 Å². The van der Waals surface area contributed by atoms with Crippen molar-refractivity contribution >= 4 is 0 Å². The maximum atomic E-state index is 2.63. The molecule has 0 spiro atoms. The van der Waals surface area contributed by atoms with Crippen molar-refractivity contribution in [2.45, 2.75) is 77.6 Å². The fourth-order valence-corrected chi connectivity index (χ4v) is 3.01. The van der Waals surface area contributed by atoms with Crippen molar-refractivity contribution in [1.82, 2.24) is 0 Å². The summed E-state index contributed by atoms with van der Waals surface area (Å²) in [5.41, 5.74) is 1.77. The SMILES string of the molecule is CCCC(C=C1CCC1)CCCC1CCC1. The largest absolute Gasteiger partial charge is 0.0822 e. The zero-order valence-corrected chi connectivity index (χ0v) is 11.0. The highest BCUT2D eigenvalue weighted by atomic mass is 14.2. The van der Waals surface area contributed by atoms with Gasteiger partial charge in [0.15, 0.2) is 0 Å². The molecule has 0 aromatic rings. The highest BCUT2D eigenvalue weighted by Crippen LogP contribution is 2.33. The summed E-state index contributed by atoms with van der Waals surface area (Å²) < 4.78 is 0. The van der Waals surface area contributed by atoms with E-state index in [2.05, 4.69) is 13.0 Å². The fraction of sp³-hybridized carbons (Fsp3) is 0.875. The Morgan fingerprint density at radius 3 is 2.50 bits per heavy atom. The first kappa shape index (κ1) is 12.2. The Hall–Kier alpha value is -0.260. The molecule has 1 atom stereocenters. The van der Waals surface area contributed by atoms with Crippen LogP contribution in [-0.2, 0) is 0 Å². The number of rotatable bonds is 7. The van der Waals surface area contributed by atoms with Crippen LogP contribution in [0.5, 0.6) is 0 Å². The fourth-order valence-electron chi connectivity index (χ4n) is 3.01. The molecule has 2 aliphatic rings. The Morgan fingerprint density at radius 1 is 1.19 bits per heavy atom. The highest BCUT2D eigenvalue weighted by Gasteiger charge is 2.17. The van der Waals surface area contributed by atoms with Gasteiger partial charge in [-0.1, -0.05) is 57.1 Å². The monoisotopic (exact) mass is 220 g/mol. The standard InChI is InChI=1S/C16H28/c1-2-6-15(13-16-11-5-12-16)10-4-9-14-7-3-8-14/h13-15H,2-12H2,1H3. The molecule has 0 heteroatoms. The molecule has 0 nitrogen and oxygen atoms in total. The zero-order chi connectivity index (χ0) is 11.2. The van der Waals surface area contributed by atoms with Gasteiger partial charge < -0.3 is 0 Å². The van der Waals surface area contributed by atoms with Gasteiger partial charge in [0.2, 0.25) is 0 Å². The van der Waals surface area contributed by atoms with Gasteiger partial charge in [-0.25, -0.2) is 0 Å². The van der Waals surface area contributed by atoms with E-state index in [1.54, 1.807) is 5.57 Å². The molecule has 92 valence electrons. The van der Waals surface area contributed by atoms with Gasteiger partial charge >= 0.3 is 0 Å². The van der Waals surface area contributed by atoms with Crippen molar-refractivity contribution in [2.75, 3.05) is 0 Å². The maximum Gasteiger partial charge on any atom is -0.0231 e. The minimum Gasteiger partial charge on any atom is -0.0822 e. The molecule has 0 aromatic carbocycles. The molecular formula is C16H28. The van der Waals surface area contributed by atoms with Crippen molar-refractivity contribution in [2.24, 2.45) is 11.8 Å². The lowest BCUT2D eigenvalue weighted by Gasteiger charge is -2.26. The first-order valence-electron chi connectivity index (χ1n) is 7.58. The second-order valence-electron chi connectivity index (χ2n) is 5.96. The van der Waals surface area contributed by atoms with Crippen LogP contribution >= 0.6 is 0 Å². The lowest BCUT2D eigenvalue weighted by Crippen LogP contribution is -2.11. The highest BCUT2D eigenvalue weighted by molar-refractivity contribution is 5.11. The summed E-state index contributed by atoms with van der Waals surface area (Å²) in [4.78, 5) is 0. The van der Waals surface area contributed by atoms with E-state index in [9.17, 15) is 0 Å². The summed E-state index contributed by atoms with van der Waals surface area (Å²) in [6.07, 6.45) is 18.7. The molecule has 0 saturated heterocycles. The minimum absolute atomic E-state index is 0.917. The van der Waals surface area contributed by atoms with E-state index < -0.39 is 0 Å². The van der Waals surface area contributed by atoms with E-state index in [1.165, 1.54) is 70.6 Å². The van der Waals surface area contributed by atoms with E-state index in [1.807, 2.05) is 0 Å². The summed E-state index contributed by atoms with van der Waals surface area (Å²) >= 11 is 0. The third-order valence-corrected chi connectivity index (χ3v) is 4.54. The molecule has 0 heterocycles. The first-order valence-corrected chi connectivity index (χ1v) is 7.58. The first-order chi connectivity index (χ1) is 7.88. The van der Waals surface area contributed by atoms with Gasteiger partial charge in [0.05, 0.1) is 0 Å². The molecule has 0 N–H and O–H groups in total. The molecule has 16 heavy (non-hydrogen) atoms. The van der Waals surface area contributed by atoms with Crippen LogP contribution in [0.1, 0.15) is 77.6 Å². The Kier molecular flexibility index (Phi) is 4.93. The molecule has 0 radical (unpaired) electrons. The van der Waals surface area contributed by atoms with Crippen molar-refractivity contribution in [3.05, 3.63) is 11.6 Å². The van der Waals surface area contributed by atoms with Crippen LogP contribution in [0, 0.1) is 11.8 Å². The third-order valence-electron chi connectivity index (χ3n) is 4.54. The quantitative estimate of drug-likeness (QED) is 0.498. The van der Waals surface area contributed by atoms with E-state index in [-0.39, 0.29) is 0 Å². The minimum atomic E-state index is 0.917. The summed E-state index contributed by atoms with van der Waals surface area (Å²) in [6.45, 7) is 2.33. The molecule has 0 aromatic heterocycles. The Balaban J connectivity index is 1.64. The lowest BCUT2D eigenvalue weighted by atomic mass is 9.80. The lowest BCUT2D eigenvalue weighted by molar-refractivity contribution is 0.281. The maximum absolute atomic E-state index is 2.63. The van der Waals surface area contributed by atoms with E-state index in [0.29, 0.717) is 0 Å². The Labute approximate surface area is 102 Å². The zero-order valence-electron chi connectivity index (χ0n) is 11.0. The van der Waals surface area contributed by atoms with Crippen LogP contribution in [0.25, 0.3) is 0 Å². The van der Waals surface area contributed by atoms with Gasteiger partial charge in [-0.2, -0.15) is 0 Å². The molecule has 0 amide bonds. The second-order valence-corrected chi connectivity index (χ2v) is 5.96. The normalized spacial score (nSPS) is 22.4. The topological polar surface area (TPSA) is 0 Å². The van der Waals surface area contributed by atoms with Crippen molar-refractivity contribution in [1.29, 1.82) is 0 Å². The van der Waals surface area contributed by atoms with Crippen LogP contribution in [0.15, 0.2) is 11.6 Å². The van der Waals surface area contributed by atoms with Gasteiger partial charge in [0.1, 0.15) is 0 Å². The van der Waals surface area contributed by atoms with Crippen molar-refractivity contribution in [3.63, 3.8) is 0 Å². The second kappa shape index (κ2) is 6.47. The molecule has 0 aliphatic heterocycles. The van der Waals surface area contributed by atoms with Crippen LogP contribution < -0.4 is 0 Å². The number of allylic oxidation sites excluding steroid dienone is 2. The average molecular weight is 220 g/mol. The van der Waals surface area contributed by atoms with E-state index >= 15 is 0 Å². The van der Waals surface area contributed by atoms with E-state index in [0.717, 1.165) is 11.8 Å². The molecule has 2 fully saturated rings. The van der Waals surface area contributed by atoms with Gasteiger partial charge in [0.25, 0.3) is 0 Å². The predicted molar refractivity (Wildman–Crippen MR) is 71.5 cm³/mol. The molecular weight excluding hydrogens is 192 g/mol. The Morgan fingerprint density at radius 2 is 2.00 bits per heavy atom. The molecule has 0 bridgehead atoms. The van der Waals surface area contributed by atoms with Gasteiger partial charge in [-0.3, -0.25) is 0 Å². The van der Waals surface area contributed by atoms with Gasteiger partial charge in [0, 0.05) is 0 Å². The van der Waals surface area contributed by atoms with Crippen LogP contribution in [0.4, 0.5) is 0 Å². The summed E-state index contributed by atoms with van der Waals surface area (Å²) in [7, 11) is 0. The predicted octanol–water partition coefficient (Wildman–Crippen LogP) is 5.48. The van der Waals surface area contributed by atoms with E-state index in [4.69, 9.17) is 0 Å². The summed E-state index contributed by atoms with van der Waals surface area (Å²) in [5.74, 6) is 2.03. The van der Waals surface area contributed by atoms with Crippen LogP contribution in [0.3, 0.4) is 0 Å². The molecule has 2 saturated carbocycles. The Bertz CT molecular complexity index is 216. The molecule has 2 rings (SSSR count). The van der Waals surface area contributed by atoms with Crippen molar-refractivity contribution < 1.29 is 0 Å².